The highest BCUT2D eigenvalue weighted by molar-refractivity contribution is 14.1. The van der Waals surface area contributed by atoms with Crippen molar-refractivity contribution in [2.45, 2.75) is 6.92 Å². The van der Waals surface area contributed by atoms with Gasteiger partial charge in [0.25, 0.3) is 5.91 Å². The summed E-state index contributed by atoms with van der Waals surface area (Å²) in [5, 5.41) is 0.571. The molecule has 0 bridgehead atoms. The number of nitrogens with zero attached hydrogens (tertiary/aromatic N) is 1. The predicted octanol–water partition coefficient (Wildman–Crippen LogP) is 4.53. The monoisotopic (exact) mass is 385 g/mol. The number of hydrogen-bond donors (Lipinski definition) is 0. The van der Waals surface area contributed by atoms with Crippen molar-refractivity contribution in [3.8, 4) is 0 Å². The molecule has 0 N–H and O–H groups in total. The van der Waals surface area contributed by atoms with E-state index in [2.05, 4.69) is 22.6 Å². The van der Waals surface area contributed by atoms with E-state index in [0.29, 0.717) is 10.6 Å². The van der Waals surface area contributed by atoms with Gasteiger partial charge in [0.15, 0.2) is 0 Å². The fourth-order valence-electron chi connectivity index (χ4n) is 1.89. The van der Waals surface area contributed by atoms with Gasteiger partial charge in [-0.25, -0.2) is 0 Å². The highest BCUT2D eigenvalue weighted by atomic mass is 127. The van der Waals surface area contributed by atoms with Gasteiger partial charge >= 0.3 is 0 Å². The average Bonchev–Trinajstić information content (AvgIpc) is 2.40. The van der Waals surface area contributed by atoms with Gasteiger partial charge in [-0.15, -0.1) is 0 Å². The summed E-state index contributed by atoms with van der Waals surface area (Å²) in [5.41, 5.74) is 2.59. The van der Waals surface area contributed by atoms with Gasteiger partial charge in [-0.3, -0.25) is 4.79 Å². The molecule has 19 heavy (non-hydrogen) atoms. The molecule has 2 nitrogen and oxygen atoms in total. The Morgan fingerprint density at radius 1 is 1.21 bits per heavy atom. The van der Waals surface area contributed by atoms with Crippen LogP contribution in [0.5, 0.6) is 0 Å². The topological polar surface area (TPSA) is 20.3 Å². The van der Waals surface area contributed by atoms with Crippen LogP contribution in [0.3, 0.4) is 0 Å². The molecule has 0 atom stereocenters. The van der Waals surface area contributed by atoms with E-state index in [1.54, 1.807) is 24.1 Å². The van der Waals surface area contributed by atoms with Crippen LogP contribution in [0.1, 0.15) is 15.9 Å². The standard InChI is InChI=1S/C15H13ClINO/c1-10-5-3-4-6-14(10)18(2)15(19)12-9-11(16)7-8-13(12)17/h3-9H,1-2H3. The van der Waals surface area contributed by atoms with Crippen LogP contribution in [-0.4, -0.2) is 13.0 Å². The predicted molar refractivity (Wildman–Crippen MR) is 88.1 cm³/mol. The molecule has 2 rings (SSSR count). The van der Waals surface area contributed by atoms with Gasteiger partial charge in [0, 0.05) is 21.3 Å². The van der Waals surface area contributed by atoms with E-state index in [4.69, 9.17) is 11.6 Å². The van der Waals surface area contributed by atoms with Gasteiger partial charge in [-0.2, -0.15) is 0 Å². The van der Waals surface area contributed by atoms with Crippen LogP contribution < -0.4 is 4.90 Å². The van der Waals surface area contributed by atoms with Crippen molar-refractivity contribution in [3.05, 3.63) is 62.2 Å². The molecule has 0 aromatic heterocycles. The molecule has 0 saturated carbocycles. The zero-order valence-electron chi connectivity index (χ0n) is 10.7. The SMILES string of the molecule is Cc1ccccc1N(C)C(=O)c1cc(Cl)ccc1I. The lowest BCUT2D eigenvalue weighted by molar-refractivity contribution is 0.0992. The van der Waals surface area contributed by atoms with Crippen molar-refractivity contribution in [1.82, 2.24) is 0 Å². The van der Waals surface area contributed by atoms with Gasteiger partial charge in [-0.1, -0.05) is 29.8 Å². The second-order valence-electron chi connectivity index (χ2n) is 4.27. The Kier molecular flexibility index (Phi) is 4.47. The Bertz CT molecular complexity index is 627. The summed E-state index contributed by atoms with van der Waals surface area (Å²) in [7, 11) is 1.78. The molecule has 2 aromatic carbocycles. The molecule has 0 radical (unpaired) electrons. The van der Waals surface area contributed by atoms with E-state index < -0.39 is 0 Å². The molecule has 98 valence electrons. The Morgan fingerprint density at radius 2 is 1.89 bits per heavy atom. The third kappa shape index (κ3) is 3.09. The maximum Gasteiger partial charge on any atom is 0.259 e. The number of halogens is 2. The molecule has 0 spiro atoms. The van der Waals surface area contributed by atoms with Crippen LogP contribution in [0.25, 0.3) is 0 Å². The van der Waals surface area contributed by atoms with Crippen LogP contribution in [-0.2, 0) is 0 Å². The van der Waals surface area contributed by atoms with Crippen LogP contribution in [0.2, 0.25) is 5.02 Å². The first-order valence-corrected chi connectivity index (χ1v) is 7.25. The minimum absolute atomic E-state index is 0.0544. The number of rotatable bonds is 2. The van der Waals surface area contributed by atoms with Crippen LogP contribution >= 0.6 is 34.2 Å². The number of amides is 1. The number of hydrogen-bond acceptors (Lipinski definition) is 1. The average molecular weight is 386 g/mol. The molecule has 2 aromatic rings. The molecular formula is C15H13ClINO. The lowest BCUT2D eigenvalue weighted by Gasteiger charge is -2.20. The summed E-state index contributed by atoms with van der Waals surface area (Å²) in [5.74, 6) is -0.0544. The summed E-state index contributed by atoms with van der Waals surface area (Å²) in [6.45, 7) is 1.99. The van der Waals surface area contributed by atoms with Gasteiger partial charge < -0.3 is 4.90 Å². The Balaban J connectivity index is 2.39. The maximum atomic E-state index is 12.5. The zero-order chi connectivity index (χ0) is 14.0. The van der Waals surface area contributed by atoms with Gasteiger partial charge in [0.2, 0.25) is 0 Å². The minimum atomic E-state index is -0.0544. The molecule has 0 aliphatic heterocycles. The molecule has 0 aliphatic rings. The van der Waals surface area contributed by atoms with E-state index >= 15 is 0 Å². The summed E-state index contributed by atoms with van der Waals surface area (Å²) in [6, 6.07) is 13.2. The molecular weight excluding hydrogens is 373 g/mol. The third-order valence-corrected chi connectivity index (χ3v) is 4.12. The smallest absolute Gasteiger partial charge is 0.259 e. The number of benzene rings is 2. The van der Waals surface area contributed by atoms with Gasteiger partial charge in [0.1, 0.15) is 0 Å². The van der Waals surface area contributed by atoms with Crippen molar-refractivity contribution >= 4 is 45.8 Å². The first-order valence-electron chi connectivity index (χ1n) is 5.79. The lowest BCUT2D eigenvalue weighted by atomic mass is 10.1. The first kappa shape index (κ1) is 14.3. The first-order chi connectivity index (χ1) is 9.00. The van der Waals surface area contributed by atoms with Crippen molar-refractivity contribution < 1.29 is 4.79 Å². The molecule has 4 heteroatoms. The van der Waals surface area contributed by atoms with Crippen LogP contribution in [0.4, 0.5) is 5.69 Å². The number of carbonyl (C=O) groups excluding carboxylic acids is 1. The van der Waals surface area contributed by atoms with Gasteiger partial charge in [-0.05, 0) is 59.3 Å². The second kappa shape index (κ2) is 5.92. The highest BCUT2D eigenvalue weighted by Gasteiger charge is 2.17. The fourth-order valence-corrected chi connectivity index (χ4v) is 2.63. The highest BCUT2D eigenvalue weighted by Crippen LogP contribution is 2.23. The van der Waals surface area contributed by atoms with Gasteiger partial charge in [0.05, 0.1) is 5.56 Å². The minimum Gasteiger partial charge on any atom is -0.311 e. The van der Waals surface area contributed by atoms with E-state index in [1.165, 1.54) is 0 Å². The molecule has 0 fully saturated rings. The third-order valence-electron chi connectivity index (χ3n) is 2.94. The summed E-state index contributed by atoms with van der Waals surface area (Å²) in [6.07, 6.45) is 0. The maximum absolute atomic E-state index is 12.5. The van der Waals surface area contributed by atoms with Crippen molar-refractivity contribution in [3.63, 3.8) is 0 Å². The van der Waals surface area contributed by atoms with Crippen molar-refractivity contribution in [2.75, 3.05) is 11.9 Å². The van der Waals surface area contributed by atoms with Crippen LogP contribution in [0, 0.1) is 10.5 Å². The molecule has 0 aliphatic carbocycles. The number of carbonyl (C=O) groups is 1. The normalized spacial score (nSPS) is 10.3. The number of para-hydroxylation sites is 1. The van der Waals surface area contributed by atoms with E-state index in [9.17, 15) is 4.79 Å². The number of anilines is 1. The Labute approximate surface area is 131 Å². The largest absolute Gasteiger partial charge is 0.311 e. The van der Waals surface area contributed by atoms with Crippen LogP contribution in [0.15, 0.2) is 42.5 Å². The lowest BCUT2D eigenvalue weighted by Crippen LogP contribution is -2.27. The zero-order valence-corrected chi connectivity index (χ0v) is 13.6. The van der Waals surface area contributed by atoms with E-state index in [1.807, 2.05) is 37.3 Å². The summed E-state index contributed by atoms with van der Waals surface area (Å²) < 4.78 is 0.896. The molecule has 1 amide bonds. The molecule has 0 heterocycles. The quantitative estimate of drug-likeness (QED) is 0.696. The van der Waals surface area contributed by atoms with Crippen molar-refractivity contribution in [2.24, 2.45) is 0 Å². The second-order valence-corrected chi connectivity index (χ2v) is 5.87. The number of aryl methyl sites for hydroxylation is 1. The molecule has 0 unspecified atom stereocenters. The summed E-state index contributed by atoms with van der Waals surface area (Å²) >= 11 is 8.12. The van der Waals surface area contributed by atoms with Crippen molar-refractivity contribution in [1.29, 1.82) is 0 Å². The van der Waals surface area contributed by atoms with E-state index in [-0.39, 0.29) is 5.91 Å². The Morgan fingerprint density at radius 3 is 2.58 bits per heavy atom. The summed E-state index contributed by atoms with van der Waals surface area (Å²) in [4.78, 5) is 14.2. The Hall–Kier alpha value is -1.07. The molecule has 0 saturated heterocycles. The fraction of sp³-hybridized carbons (Fsp3) is 0.133. The van der Waals surface area contributed by atoms with E-state index in [0.717, 1.165) is 14.8 Å².